The molecule has 13 heteroatoms. The summed E-state index contributed by atoms with van der Waals surface area (Å²) in [6.07, 6.45) is 1.71. The number of halogens is 4. The summed E-state index contributed by atoms with van der Waals surface area (Å²) in [7, 11) is 0. The molecule has 0 aliphatic heterocycles. The topological polar surface area (TPSA) is 137 Å². The Hall–Kier alpha value is -3.50. The Bertz CT molecular complexity index is 1510. The second-order valence-electron chi connectivity index (χ2n) is 9.66. The van der Waals surface area contributed by atoms with Crippen LogP contribution in [0.2, 0.25) is 20.1 Å². The van der Waals surface area contributed by atoms with Gasteiger partial charge in [-0.3, -0.25) is 9.59 Å². The van der Waals surface area contributed by atoms with E-state index in [1.807, 2.05) is 18.2 Å². The van der Waals surface area contributed by atoms with Crippen LogP contribution in [0.4, 0.5) is 4.79 Å². The van der Waals surface area contributed by atoms with Gasteiger partial charge in [-0.1, -0.05) is 64.6 Å². The van der Waals surface area contributed by atoms with E-state index in [0.29, 0.717) is 16.6 Å². The van der Waals surface area contributed by atoms with Crippen LogP contribution in [0.15, 0.2) is 54.6 Å². The molecule has 0 radical (unpaired) electrons. The number of benzene rings is 3. The maximum Gasteiger partial charge on any atom is 0.328 e. The molecule has 4 rings (SSSR count). The van der Waals surface area contributed by atoms with Crippen molar-refractivity contribution >= 4 is 70.2 Å². The Morgan fingerprint density at radius 3 is 2.26 bits per heavy atom. The van der Waals surface area contributed by atoms with Crippen molar-refractivity contribution in [3.63, 3.8) is 0 Å². The highest BCUT2D eigenvalue weighted by Crippen LogP contribution is 2.34. The van der Waals surface area contributed by atoms with Crippen LogP contribution in [0.3, 0.4) is 0 Å². The molecule has 5 N–H and O–H groups in total. The first-order valence-electron chi connectivity index (χ1n) is 12.9. The first-order chi connectivity index (χ1) is 20.0. The lowest BCUT2D eigenvalue weighted by Gasteiger charge is -2.18. The van der Waals surface area contributed by atoms with Gasteiger partial charge in [-0.25, -0.2) is 9.59 Å². The molecule has 0 spiro atoms. The molecule has 0 fully saturated rings. The van der Waals surface area contributed by atoms with Gasteiger partial charge >= 0.3 is 12.0 Å². The molecule has 4 amide bonds. The fourth-order valence-corrected chi connectivity index (χ4v) is 5.71. The van der Waals surface area contributed by atoms with Crippen molar-refractivity contribution in [2.45, 2.75) is 31.3 Å². The Balaban J connectivity index is 1.31. The third-order valence-electron chi connectivity index (χ3n) is 6.76. The number of hydrogen-bond acceptors (Lipinski definition) is 4. The summed E-state index contributed by atoms with van der Waals surface area (Å²) < 4.78 is 0. The van der Waals surface area contributed by atoms with Crippen molar-refractivity contribution in [1.82, 2.24) is 21.3 Å². The number of rotatable bonds is 10. The molecule has 1 aliphatic rings. The molecule has 2 atom stereocenters. The fraction of sp³-hybridized carbons (Fsp3) is 0.241. The molecule has 0 aromatic heterocycles. The maximum atomic E-state index is 12.9. The number of urea groups is 1. The molecule has 1 aliphatic carbocycles. The van der Waals surface area contributed by atoms with Gasteiger partial charge in [0.1, 0.15) is 6.04 Å². The predicted octanol–water partition coefficient (Wildman–Crippen LogP) is 5.44. The quantitative estimate of drug-likeness (QED) is 0.199. The summed E-state index contributed by atoms with van der Waals surface area (Å²) in [4.78, 5) is 49.7. The van der Waals surface area contributed by atoms with Gasteiger partial charge in [-0.15, -0.1) is 0 Å². The molecule has 0 saturated heterocycles. The minimum absolute atomic E-state index is 0.102. The van der Waals surface area contributed by atoms with E-state index >= 15 is 0 Å². The normalized spacial score (nSPS) is 14.4. The number of nitrogens with one attached hydrogen (secondary N) is 4. The Labute approximate surface area is 261 Å². The van der Waals surface area contributed by atoms with E-state index in [1.165, 1.54) is 12.1 Å². The summed E-state index contributed by atoms with van der Waals surface area (Å²) in [6.45, 7) is 0.151. The standard InChI is InChI=1S/C29H26Cl4N4O5/c30-19-3-1-2-15(8-19)12-34-26(38)18-10-22(32)25(23(33)11-18)27(39)37-24(28(40)41)14-36-29(42)35-13-17-5-4-16-9-20(31)6-7-21(16)17/h1-3,6-11,17,24H,4-5,12-14H2,(H,34,38)(H,37,39)(H,40,41)(H2,35,36,42)/t17-,24-/m0/s1. The highest BCUT2D eigenvalue weighted by molar-refractivity contribution is 6.40. The van der Waals surface area contributed by atoms with Crippen LogP contribution >= 0.6 is 46.4 Å². The van der Waals surface area contributed by atoms with Gasteiger partial charge in [-0.05, 0) is 65.9 Å². The molecule has 0 saturated carbocycles. The summed E-state index contributed by atoms with van der Waals surface area (Å²) in [6, 6.07) is 13.1. The van der Waals surface area contributed by atoms with Crippen LogP contribution in [-0.4, -0.2) is 48.1 Å². The number of carboxylic acids is 1. The van der Waals surface area contributed by atoms with Crippen molar-refractivity contribution in [2.24, 2.45) is 0 Å². The van der Waals surface area contributed by atoms with Crippen LogP contribution in [0.5, 0.6) is 0 Å². The minimum atomic E-state index is -1.48. The lowest BCUT2D eigenvalue weighted by Crippen LogP contribution is -2.50. The molecule has 3 aromatic rings. The summed E-state index contributed by atoms with van der Waals surface area (Å²) >= 11 is 24.6. The van der Waals surface area contributed by atoms with Gasteiger partial charge < -0.3 is 26.4 Å². The van der Waals surface area contributed by atoms with Gasteiger partial charge in [0.25, 0.3) is 11.8 Å². The van der Waals surface area contributed by atoms with Gasteiger partial charge in [0.15, 0.2) is 0 Å². The van der Waals surface area contributed by atoms with Gasteiger partial charge in [-0.2, -0.15) is 0 Å². The Kier molecular flexibility index (Phi) is 10.6. The van der Waals surface area contributed by atoms with Gasteiger partial charge in [0.05, 0.1) is 22.2 Å². The molecule has 42 heavy (non-hydrogen) atoms. The van der Waals surface area contributed by atoms with Crippen molar-refractivity contribution < 1.29 is 24.3 Å². The van der Waals surface area contributed by atoms with E-state index in [4.69, 9.17) is 46.4 Å². The third-order valence-corrected chi connectivity index (χ3v) is 7.83. The van der Waals surface area contributed by atoms with Crippen LogP contribution in [-0.2, 0) is 17.8 Å². The van der Waals surface area contributed by atoms with E-state index in [2.05, 4.69) is 21.3 Å². The number of fused-ring (bicyclic) bond motifs is 1. The van der Waals surface area contributed by atoms with Crippen molar-refractivity contribution in [1.29, 1.82) is 0 Å². The number of hydrogen-bond donors (Lipinski definition) is 5. The molecule has 3 aromatic carbocycles. The largest absolute Gasteiger partial charge is 0.480 e. The Morgan fingerprint density at radius 2 is 1.57 bits per heavy atom. The van der Waals surface area contributed by atoms with Crippen molar-refractivity contribution in [3.05, 3.63) is 103 Å². The fourth-order valence-electron chi connectivity index (χ4n) is 4.64. The van der Waals surface area contributed by atoms with Crippen LogP contribution < -0.4 is 21.3 Å². The highest BCUT2D eigenvalue weighted by atomic mass is 35.5. The smallest absolute Gasteiger partial charge is 0.328 e. The van der Waals surface area contributed by atoms with Crippen LogP contribution in [0, 0.1) is 0 Å². The summed E-state index contributed by atoms with van der Waals surface area (Å²) in [5.74, 6) is -2.64. The lowest BCUT2D eigenvalue weighted by atomic mass is 10.0. The molecule has 220 valence electrons. The molecule has 0 unspecified atom stereocenters. The van der Waals surface area contributed by atoms with Crippen LogP contribution in [0.1, 0.15) is 49.7 Å². The second kappa shape index (κ2) is 14.1. The zero-order valence-corrected chi connectivity index (χ0v) is 25.0. The molecular formula is C29H26Cl4N4O5. The Morgan fingerprint density at radius 1 is 0.857 bits per heavy atom. The zero-order chi connectivity index (χ0) is 30.4. The van der Waals surface area contributed by atoms with E-state index in [9.17, 15) is 24.3 Å². The maximum absolute atomic E-state index is 12.9. The summed E-state index contributed by atoms with van der Waals surface area (Å²) in [5, 5.41) is 20.7. The van der Waals surface area contributed by atoms with E-state index in [-0.39, 0.29) is 33.6 Å². The molecule has 0 bridgehead atoms. The zero-order valence-electron chi connectivity index (χ0n) is 22.0. The number of carbonyl (C=O) groups excluding carboxylic acids is 3. The SMILES string of the molecule is O=C(NC[C@@H]1CCc2cc(Cl)ccc21)NC[C@H](NC(=O)c1c(Cl)cc(C(=O)NCc2cccc(Cl)c2)cc1Cl)C(=O)O. The van der Waals surface area contributed by atoms with Gasteiger partial charge in [0, 0.05) is 34.6 Å². The van der Waals surface area contributed by atoms with Gasteiger partial charge in [0.2, 0.25) is 0 Å². The summed E-state index contributed by atoms with van der Waals surface area (Å²) in [5.41, 5.74) is 2.94. The van der Waals surface area contributed by atoms with Crippen LogP contribution in [0.25, 0.3) is 0 Å². The minimum Gasteiger partial charge on any atom is -0.480 e. The number of amides is 4. The highest BCUT2D eigenvalue weighted by Gasteiger charge is 2.26. The van der Waals surface area contributed by atoms with E-state index in [1.54, 1.807) is 24.3 Å². The van der Waals surface area contributed by atoms with E-state index < -0.39 is 36.4 Å². The number of aliphatic carboxylic acids is 1. The lowest BCUT2D eigenvalue weighted by molar-refractivity contribution is -0.139. The first kappa shape index (κ1) is 31.4. The monoisotopic (exact) mass is 650 g/mol. The van der Waals surface area contributed by atoms with E-state index in [0.717, 1.165) is 29.5 Å². The second-order valence-corrected chi connectivity index (χ2v) is 11.3. The first-order valence-corrected chi connectivity index (χ1v) is 14.4. The van der Waals surface area contributed by atoms with Crippen molar-refractivity contribution in [3.8, 4) is 0 Å². The molecular weight excluding hydrogens is 626 g/mol. The number of carboxylic acid groups (broad SMARTS) is 1. The molecule has 9 nitrogen and oxygen atoms in total. The third kappa shape index (κ3) is 8.07. The number of carbonyl (C=O) groups is 4. The predicted molar refractivity (Wildman–Crippen MR) is 162 cm³/mol. The van der Waals surface area contributed by atoms with Crippen molar-refractivity contribution in [2.75, 3.05) is 13.1 Å². The molecule has 0 heterocycles. The average molecular weight is 652 g/mol. The average Bonchev–Trinajstić information content (AvgIpc) is 3.34. The number of aryl methyl sites for hydroxylation is 1.